The Hall–Kier alpha value is -1.53. The number of amides is 1. The van der Waals surface area contributed by atoms with Crippen molar-refractivity contribution in [1.29, 1.82) is 0 Å². The molecule has 0 saturated carbocycles. The monoisotopic (exact) mass is 262 g/mol. The molecule has 6 heteroatoms. The number of hydrogen-bond acceptors (Lipinski definition) is 4. The minimum atomic E-state index is -0.109. The smallest absolute Gasteiger partial charge is 0.242 e. The molecule has 2 heterocycles. The number of hydrogen-bond donors (Lipinski definition) is 3. The van der Waals surface area contributed by atoms with Crippen molar-refractivity contribution in [3.8, 4) is 0 Å². The van der Waals surface area contributed by atoms with Crippen LogP contribution in [0.3, 0.4) is 0 Å². The van der Waals surface area contributed by atoms with Gasteiger partial charge in [-0.25, -0.2) is 0 Å². The normalized spacial score (nSPS) is 19.9. The number of carbonyl (C=O) groups excluding carboxylic acids is 1. The van der Waals surface area contributed by atoms with Gasteiger partial charge in [-0.15, -0.1) is 0 Å². The molecule has 1 aliphatic heterocycles. The van der Waals surface area contributed by atoms with Gasteiger partial charge in [0.1, 0.15) is 0 Å². The number of para-hydroxylation sites is 1. The Morgan fingerprint density at radius 1 is 1.50 bits per heavy atom. The van der Waals surface area contributed by atoms with Gasteiger partial charge in [0.15, 0.2) is 0 Å². The van der Waals surface area contributed by atoms with Crippen molar-refractivity contribution < 1.29 is 4.79 Å². The summed E-state index contributed by atoms with van der Waals surface area (Å²) in [6.07, 6.45) is 1.75. The SMILES string of the molecule is O=C(Nc1cccc2cn[nH]c12)C1CSCCN1. The summed E-state index contributed by atoms with van der Waals surface area (Å²) in [4.78, 5) is 12.1. The van der Waals surface area contributed by atoms with E-state index in [0.29, 0.717) is 0 Å². The molecule has 1 atom stereocenters. The standard InChI is InChI=1S/C12H14N4OS/c17-12(10-7-18-5-4-13-10)15-9-3-1-2-8-6-14-16-11(8)9/h1-3,6,10,13H,4-5,7H2,(H,14,16)(H,15,17). The van der Waals surface area contributed by atoms with Gasteiger partial charge in [-0.2, -0.15) is 16.9 Å². The number of anilines is 1. The Kier molecular flexibility index (Phi) is 3.21. The molecule has 1 saturated heterocycles. The molecule has 1 fully saturated rings. The molecule has 3 N–H and O–H groups in total. The number of benzene rings is 1. The fourth-order valence-electron chi connectivity index (χ4n) is 2.03. The van der Waals surface area contributed by atoms with E-state index in [9.17, 15) is 4.79 Å². The van der Waals surface area contributed by atoms with Crippen LogP contribution in [0.5, 0.6) is 0 Å². The maximum Gasteiger partial charge on any atom is 0.242 e. The van der Waals surface area contributed by atoms with Crippen molar-refractivity contribution in [1.82, 2.24) is 15.5 Å². The molecule has 1 unspecified atom stereocenters. The topological polar surface area (TPSA) is 69.8 Å². The summed E-state index contributed by atoms with van der Waals surface area (Å²) in [5, 5.41) is 14.1. The molecular formula is C12H14N4OS. The predicted octanol–water partition coefficient (Wildman–Crippen LogP) is 1.21. The van der Waals surface area contributed by atoms with Crippen molar-refractivity contribution in [2.24, 2.45) is 0 Å². The van der Waals surface area contributed by atoms with Crippen LogP contribution < -0.4 is 10.6 Å². The lowest BCUT2D eigenvalue weighted by atomic mass is 10.2. The third-order valence-corrected chi connectivity index (χ3v) is 4.03. The van der Waals surface area contributed by atoms with Gasteiger partial charge in [0.2, 0.25) is 5.91 Å². The molecular weight excluding hydrogens is 248 g/mol. The minimum Gasteiger partial charge on any atom is -0.323 e. The van der Waals surface area contributed by atoms with Gasteiger partial charge in [-0.1, -0.05) is 12.1 Å². The Balaban J connectivity index is 1.79. The summed E-state index contributed by atoms with van der Waals surface area (Å²) in [5.41, 5.74) is 1.65. The number of thioether (sulfide) groups is 1. The average molecular weight is 262 g/mol. The fourth-order valence-corrected chi connectivity index (χ4v) is 2.96. The second-order valence-electron chi connectivity index (χ2n) is 4.21. The number of nitrogens with one attached hydrogen (secondary N) is 3. The van der Waals surface area contributed by atoms with Gasteiger partial charge in [-0.3, -0.25) is 9.89 Å². The van der Waals surface area contributed by atoms with Gasteiger partial charge in [0, 0.05) is 23.4 Å². The zero-order chi connectivity index (χ0) is 12.4. The van der Waals surface area contributed by atoms with Crippen LogP contribution >= 0.6 is 11.8 Å². The van der Waals surface area contributed by atoms with Crippen LogP contribution in [0.4, 0.5) is 5.69 Å². The lowest BCUT2D eigenvalue weighted by Gasteiger charge is -2.22. The molecule has 3 rings (SSSR count). The van der Waals surface area contributed by atoms with E-state index in [0.717, 1.165) is 34.6 Å². The van der Waals surface area contributed by atoms with E-state index < -0.39 is 0 Å². The molecule has 1 amide bonds. The molecule has 1 aliphatic rings. The van der Waals surface area contributed by atoms with Crippen LogP contribution in [0, 0.1) is 0 Å². The summed E-state index contributed by atoms with van der Waals surface area (Å²) in [6.45, 7) is 0.886. The second-order valence-corrected chi connectivity index (χ2v) is 5.36. The van der Waals surface area contributed by atoms with Crippen LogP contribution in [-0.2, 0) is 4.79 Å². The molecule has 5 nitrogen and oxygen atoms in total. The highest BCUT2D eigenvalue weighted by Crippen LogP contribution is 2.21. The molecule has 94 valence electrons. The molecule has 2 aromatic rings. The van der Waals surface area contributed by atoms with Gasteiger partial charge in [0.05, 0.1) is 23.4 Å². The molecule has 1 aromatic carbocycles. The maximum atomic E-state index is 12.1. The highest BCUT2D eigenvalue weighted by atomic mass is 32.2. The summed E-state index contributed by atoms with van der Waals surface area (Å²) in [5.74, 6) is 1.91. The lowest BCUT2D eigenvalue weighted by Crippen LogP contribution is -2.46. The number of carbonyl (C=O) groups is 1. The van der Waals surface area contributed by atoms with Crippen molar-refractivity contribution in [2.45, 2.75) is 6.04 Å². The van der Waals surface area contributed by atoms with Crippen molar-refractivity contribution in [3.05, 3.63) is 24.4 Å². The number of fused-ring (bicyclic) bond motifs is 1. The molecule has 0 aliphatic carbocycles. The van der Waals surface area contributed by atoms with E-state index in [-0.39, 0.29) is 11.9 Å². The molecule has 1 aromatic heterocycles. The van der Waals surface area contributed by atoms with Crippen LogP contribution in [0.2, 0.25) is 0 Å². The van der Waals surface area contributed by atoms with E-state index in [2.05, 4.69) is 20.8 Å². The molecule has 0 spiro atoms. The summed E-state index contributed by atoms with van der Waals surface area (Å²) >= 11 is 1.80. The van der Waals surface area contributed by atoms with Gasteiger partial charge in [-0.05, 0) is 6.07 Å². The van der Waals surface area contributed by atoms with Crippen molar-refractivity contribution in [3.63, 3.8) is 0 Å². The van der Waals surface area contributed by atoms with Gasteiger partial charge in [0.25, 0.3) is 0 Å². The van der Waals surface area contributed by atoms with Crippen molar-refractivity contribution in [2.75, 3.05) is 23.4 Å². The first-order valence-corrected chi connectivity index (χ1v) is 7.04. The van der Waals surface area contributed by atoms with Gasteiger partial charge < -0.3 is 10.6 Å². The Bertz CT molecular complexity index is 562. The Morgan fingerprint density at radius 3 is 3.28 bits per heavy atom. The number of H-pyrrole nitrogens is 1. The van der Waals surface area contributed by atoms with E-state index in [1.807, 2.05) is 18.2 Å². The summed E-state index contributed by atoms with van der Waals surface area (Å²) in [6, 6.07) is 5.65. The number of rotatable bonds is 2. The zero-order valence-corrected chi connectivity index (χ0v) is 10.6. The highest BCUT2D eigenvalue weighted by molar-refractivity contribution is 7.99. The minimum absolute atomic E-state index is 0.0179. The van der Waals surface area contributed by atoms with Crippen LogP contribution in [0.25, 0.3) is 10.9 Å². The van der Waals surface area contributed by atoms with E-state index in [1.165, 1.54) is 0 Å². The van der Waals surface area contributed by atoms with Gasteiger partial charge >= 0.3 is 0 Å². The number of aromatic amines is 1. The quantitative estimate of drug-likeness (QED) is 0.761. The third kappa shape index (κ3) is 2.21. The first kappa shape index (κ1) is 11.6. The first-order chi connectivity index (χ1) is 8.84. The average Bonchev–Trinajstić information content (AvgIpc) is 2.89. The van der Waals surface area contributed by atoms with Crippen molar-refractivity contribution >= 4 is 34.3 Å². The zero-order valence-electron chi connectivity index (χ0n) is 9.77. The molecule has 18 heavy (non-hydrogen) atoms. The lowest BCUT2D eigenvalue weighted by molar-refractivity contribution is -0.117. The summed E-state index contributed by atoms with van der Waals surface area (Å²) < 4.78 is 0. The van der Waals surface area contributed by atoms with Crippen LogP contribution in [0.1, 0.15) is 0 Å². The predicted molar refractivity (Wildman–Crippen MR) is 73.8 cm³/mol. The largest absolute Gasteiger partial charge is 0.323 e. The maximum absolute atomic E-state index is 12.1. The van der Waals surface area contributed by atoms with Crippen LogP contribution in [0.15, 0.2) is 24.4 Å². The summed E-state index contributed by atoms with van der Waals surface area (Å²) in [7, 11) is 0. The van der Waals surface area contributed by atoms with E-state index in [4.69, 9.17) is 0 Å². The first-order valence-electron chi connectivity index (χ1n) is 5.89. The van der Waals surface area contributed by atoms with E-state index in [1.54, 1.807) is 18.0 Å². The Morgan fingerprint density at radius 2 is 2.44 bits per heavy atom. The fraction of sp³-hybridized carbons (Fsp3) is 0.333. The highest BCUT2D eigenvalue weighted by Gasteiger charge is 2.21. The molecule has 0 bridgehead atoms. The number of nitrogens with zero attached hydrogens (tertiary/aromatic N) is 1. The van der Waals surface area contributed by atoms with E-state index >= 15 is 0 Å². The molecule has 0 radical (unpaired) electrons. The number of aromatic nitrogens is 2. The second kappa shape index (κ2) is 4.99. The Labute approximate surface area is 109 Å². The third-order valence-electron chi connectivity index (χ3n) is 2.97. The van der Waals surface area contributed by atoms with Crippen LogP contribution in [-0.4, -0.2) is 40.2 Å².